The van der Waals surface area contributed by atoms with Crippen molar-refractivity contribution in [3.63, 3.8) is 0 Å². The van der Waals surface area contributed by atoms with Gasteiger partial charge in [-0.3, -0.25) is 4.79 Å². The highest BCUT2D eigenvalue weighted by molar-refractivity contribution is 9.10. The van der Waals surface area contributed by atoms with E-state index in [1.165, 1.54) is 26.2 Å². The molecule has 5 nitrogen and oxygen atoms in total. The van der Waals surface area contributed by atoms with E-state index in [0.29, 0.717) is 5.56 Å². The number of halogens is 1. The van der Waals surface area contributed by atoms with E-state index in [0.717, 1.165) is 40.0 Å². The molecule has 0 aromatic heterocycles. The van der Waals surface area contributed by atoms with Gasteiger partial charge < -0.3 is 5.32 Å². The van der Waals surface area contributed by atoms with Crippen LogP contribution in [0.1, 0.15) is 41.6 Å². The summed E-state index contributed by atoms with van der Waals surface area (Å²) in [7, 11) is -0.634. The van der Waals surface area contributed by atoms with E-state index >= 15 is 0 Å². The van der Waals surface area contributed by atoms with Gasteiger partial charge in [-0.05, 0) is 48.7 Å². The maximum atomic E-state index is 13.0. The van der Waals surface area contributed by atoms with E-state index in [4.69, 9.17) is 0 Å². The lowest BCUT2D eigenvalue weighted by atomic mass is 9.88. The standard InChI is InChI=1S/C20H23BrN2O3S/c1-23(2)27(25,26)18-7-5-6-15(14-18)19(24)22-20(12-3-4-13-20)16-8-10-17(21)11-9-16/h5-11,14H,3-4,12-13H2,1-2H3,(H,22,24). The molecule has 2 aromatic carbocycles. The predicted octanol–water partition coefficient (Wildman–Crippen LogP) is 3.90. The van der Waals surface area contributed by atoms with Crippen molar-refractivity contribution in [3.05, 3.63) is 64.1 Å². The third-order valence-electron chi connectivity index (χ3n) is 5.08. The first-order chi connectivity index (χ1) is 12.7. The molecule has 2 aromatic rings. The van der Waals surface area contributed by atoms with Gasteiger partial charge >= 0.3 is 0 Å². The van der Waals surface area contributed by atoms with Gasteiger partial charge in [0, 0.05) is 24.1 Å². The van der Waals surface area contributed by atoms with Crippen LogP contribution in [-0.2, 0) is 15.6 Å². The monoisotopic (exact) mass is 450 g/mol. The van der Waals surface area contributed by atoms with E-state index in [-0.39, 0.29) is 10.8 Å². The van der Waals surface area contributed by atoms with Crippen LogP contribution >= 0.6 is 15.9 Å². The molecule has 27 heavy (non-hydrogen) atoms. The van der Waals surface area contributed by atoms with Crippen LogP contribution < -0.4 is 5.32 Å². The van der Waals surface area contributed by atoms with E-state index in [1.54, 1.807) is 12.1 Å². The Balaban J connectivity index is 1.91. The summed E-state index contributed by atoms with van der Waals surface area (Å²) in [5, 5.41) is 3.19. The summed E-state index contributed by atoms with van der Waals surface area (Å²) in [6.07, 6.45) is 3.84. The topological polar surface area (TPSA) is 66.5 Å². The number of amides is 1. The lowest BCUT2D eigenvalue weighted by Gasteiger charge is -2.31. The molecule has 0 aliphatic heterocycles. The summed E-state index contributed by atoms with van der Waals surface area (Å²) in [5.41, 5.74) is 1.02. The molecule has 144 valence electrons. The maximum absolute atomic E-state index is 13.0. The largest absolute Gasteiger partial charge is 0.343 e. The van der Waals surface area contributed by atoms with Gasteiger partial charge in [-0.1, -0.05) is 47.0 Å². The molecule has 1 amide bonds. The van der Waals surface area contributed by atoms with Crippen LogP contribution in [0.2, 0.25) is 0 Å². The molecule has 0 heterocycles. The molecule has 7 heteroatoms. The minimum absolute atomic E-state index is 0.115. The number of hydrogen-bond acceptors (Lipinski definition) is 3. The highest BCUT2D eigenvalue weighted by atomic mass is 79.9. The van der Waals surface area contributed by atoms with Crippen LogP contribution in [0.3, 0.4) is 0 Å². The van der Waals surface area contributed by atoms with Gasteiger partial charge in [-0.15, -0.1) is 0 Å². The lowest BCUT2D eigenvalue weighted by Crippen LogP contribution is -2.43. The number of carbonyl (C=O) groups excluding carboxylic acids is 1. The smallest absolute Gasteiger partial charge is 0.252 e. The van der Waals surface area contributed by atoms with Crippen molar-refractivity contribution in [1.82, 2.24) is 9.62 Å². The van der Waals surface area contributed by atoms with Crippen molar-refractivity contribution in [2.45, 2.75) is 36.1 Å². The first-order valence-corrected chi connectivity index (χ1v) is 11.1. The Morgan fingerprint density at radius 3 is 2.30 bits per heavy atom. The van der Waals surface area contributed by atoms with Crippen molar-refractivity contribution in [2.24, 2.45) is 0 Å². The van der Waals surface area contributed by atoms with Crippen molar-refractivity contribution >= 4 is 31.9 Å². The van der Waals surface area contributed by atoms with Gasteiger partial charge in [0.15, 0.2) is 0 Å². The summed E-state index contributed by atoms with van der Waals surface area (Å²) < 4.78 is 26.9. The van der Waals surface area contributed by atoms with Crippen molar-refractivity contribution in [1.29, 1.82) is 0 Å². The average molecular weight is 451 g/mol. The molecule has 0 bridgehead atoms. The zero-order chi connectivity index (χ0) is 19.7. The summed E-state index contributed by atoms with van der Waals surface area (Å²) in [5.74, 6) is -0.254. The second kappa shape index (κ2) is 7.73. The molecular formula is C20H23BrN2O3S. The van der Waals surface area contributed by atoms with Gasteiger partial charge in [0.2, 0.25) is 10.0 Å². The van der Waals surface area contributed by atoms with Gasteiger partial charge in [0.25, 0.3) is 5.91 Å². The average Bonchev–Trinajstić information content (AvgIpc) is 3.11. The number of carbonyl (C=O) groups is 1. The number of benzene rings is 2. The molecule has 1 N–H and O–H groups in total. The van der Waals surface area contributed by atoms with Crippen molar-refractivity contribution < 1.29 is 13.2 Å². The molecule has 3 rings (SSSR count). The van der Waals surface area contributed by atoms with Gasteiger partial charge in [-0.2, -0.15) is 0 Å². The number of rotatable bonds is 5. The highest BCUT2D eigenvalue weighted by Crippen LogP contribution is 2.39. The predicted molar refractivity (Wildman–Crippen MR) is 109 cm³/mol. The molecule has 0 unspecified atom stereocenters. The zero-order valence-corrected chi connectivity index (χ0v) is 17.8. The third kappa shape index (κ3) is 4.10. The number of nitrogens with one attached hydrogen (secondary N) is 1. The van der Waals surface area contributed by atoms with Crippen LogP contribution in [0.15, 0.2) is 57.9 Å². The molecule has 0 saturated heterocycles. The van der Waals surface area contributed by atoms with E-state index in [1.807, 2.05) is 24.3 Å². The SMILES string of the molecule is CN(C)S(=O)(=O)c1cccc(C(=O)NC2(c3ccc(Br)cc3)CCCC2)c1. The second-order valence-electron chi connectivity index (χ2n) is 7.07. The first kappa shape index (κ1) is 20.0. The van der Waals surface area contributed by atoms with Crippen LogP contribution in [0, 0.1) is 0 Å². The van der Waals surface area contributed by atoms with Crippen molar-refractivity contribution in [2.75, 3.05) is 14.1 Å². The quantitative estimate of drug-likeness (QED) is 0.750. The fraction of sp³-hybridized carbons (Fsp3) is 0.350. The molecule has 1 fully saturated rings. The summed E-state index contributed by atoms with van der Waals surface area (Å²) in [6, 6.07) is 14.2. The number of hydrogen-bond donors (Lipinski definition) is 1. The molecule has 0 atom stereocenters. The second-order valence-corrected chi connectivity index (χ2v) is 10.1. The molecule has 0 radical (unpaired) electrons. The van der Waals surface area contributed by atoms with Crippen LogP contribution in [0.5, 0.6) is 0 Å². The highest BCUT2D eigenvalue weighted by Gasteiger charge is 2.37. The van der Waals surface area contributed by atoms with Gasteiger partial charge in [0.1, 0.15) is 0 Å². The number of sulfonamides is 1. The van der Waals surface area contributed by atoms with Crippen molar-refractivity contribution in [3.8, 4) is 0 Å². The summed E-state index contributed by atoms with van der Waals surface area (Å²) in [6.45, 7) is 0. The Morgan fingerprint density at radius 2 is 1.70 bits per heavy atom. The minimum atomic E-state index is -3.58. The Labute approximate surface area is 169 Å². The van der Waals surface area contributed by atoms with Crippen LogP contribution in [-0.4, -0.2) is 32.7 Å². The summed E-state index contributed by atoms with van der Waals surface area (Å²) in [4.78, 5) is 13.1. The normalized spacial score (nSPS) is 16.4. The Morgan fingerprint density at radius 1 is 1.07 bits per heavy atom. The van der Waals surface area contributed by atoms with E-state index in [9.17, 15) is 13.2 Å². The molecule has 0 spiro atoms. The first-order valence-electron chi connectivity index (χ1n) is 8.86. The maximum Gasteiger partial charge on any atom is 0.252 e. The Bertz CT molecular complexity index is 934. The lowest BCUT2D eigenvalue weighted by molar-refractivity contribution is 0.0898. The van der Waals surface area contributed by atoms with Gasteiger partial charge in [0.05, 0.1) is 10.4 Å². The van der Waals surface area contributed by atoms with Crippen LogP contribution in [0.25, 0.3) is 0 Å². The molecular weight excluding hydrogens is 428 g/mol. The molecule has 1 saturated carbocycles. The third-order valence-corrected chi connectivity index (χ3v) is 7.42. The number of nitrogens with zero attached hydrogens (tertiary/aromatic N) is 1. The van der Waals surface area contributed by atoms with Crippen LogP contribution in [0.4, 0.5) is 0 Å². The van der Waals surface area contributed by atoms with Gasteiger partial charge in [-0.25, -0.2) is 12.7 Å². The fourth-order valence-corrected chi connectivity index (χ4v) is 4.74. The summed E-state index contributed by atoms with van der Waals surface area (Å²) >= 11 is 3.45. The minimum Gasteiger partial charge on any atom is -0.343 e. The Kier molecular flexibility index (Phi) is 5.74. The molecule has 1 aliphatic rings. The van der Waals surface area contributed by atoms with E-state index in [2.05, 4.69) is 21.2 Å². The Hall–Kier alpha value is -1.70. The molecule has 1 aliphatic carbocycles. The zero-order valence-electron chi connectivity index (χ0n) is 15.4. The van der Waals surface area contributed by atoms with E-state index < -0.39 is 15.6 Å². The fourth-order valence-electron chi connectivity index (χ4n) is 3.53.